The van der Waals surface area contributed by atoms with Gasteiger partial charge in [-0.05, 0) is 48.0 Å². The third-order valence-electron chi connectivity index (χ3n) is 3.79. The van der Waals surface area contributed by atoms with E-state index >= 15 is 0 Å². The van der Waals surface area contributed by atoms with Crippen LogP contribution in [-0.4, -0.2) is 14.2 Å². The van der Waals surface area contributed by atoms with Crippen LogP contribution < -0.4 is 4.72 Å². The smallest absolute Gasteiger partial charge is 0.261 e. The van der Waals surface area contributed by atoms with Gasteiger partial charge < -0.3 is 0 Å². The Balaban J connectivity index is 1.85. The van der Waals surface area contributed by atoms with E-state index in [9.17, 15) is 17.6 Å². The highest BCUT2D eigenvalue weighted by atomic mass is 32.2. The maximum absolute atomic E-state index is 12.9. The Hall–Kier alpha value is -3.25. The number of carbonyl (C=O) groups excluding carboxylic acids is 1. The number of ketones is 1. The molecular weight excluding hydrogens is 365 g/mol. The predicted molar refractivity (Wildman–Crippen MR) is 103 cm³/mol. The Kier molecular flexibility index (Phi) is 5.47. The van der Waals surface area contributed by atoms with E-state index in [0.29, 0.717) is 5.56 Å². The first-order chi connectivity index (χ1) is 13.0. The molecule has 0 atom stereocenters. The van der Waals surface area contributed by atoms with Crippen molar-refractivity contribution < 1.29 is 17.6 Å². The number of hydrogen-bond acceptors (Lipinski definition) is 3. The molecular formula is C21H16FNO3S. The second kappa shape index (κ2) is 7.97. The topological polar surface area (TPSA) is 63.2 Å². The van der Waals surface area contributed by atoms with E-state index in [4.69, 9.17) is 0 Å². The summed E-state index contributed by atoms with van der Waals surface area (Å²) < 4.78 is 40.4. The van der Waals surface area contributed by atoms with Crippen LogP contribution in [0.5, 0.6) is 0 Å². The third kappa shape index (κ3) is 4.68. The van der Waals surface area contributed by atoms with Gasteiger partial charge in [-0.25, -0.2) is 12.8 Å². The summed E-state index contributed by atoms with van der Waals surface area (Å²) in [6.45, 7) is 0. The summed E-state index contributed by atoms with van der Waals surface area (Å²) in [5, 5.41) is 0. The number of hydrogen-bond donors (Lipinski definition) is 1. The van der Waals surface area contributed by atoms with Gasteiger partial charge in [0.1, 0.15) is 5.82 Å². The minimum Gasteiger partial charge on any atom is -0.289 e. The Morgan fingerprint density at radius 3 is 2.19 bits per heavy atom. The molecule has 0 heterocycles. The Morgan fingerprint density at radius 2 is 1.48 bits per heavy atom. The van der Waals surface area contributed by atoms with Crippen LogP contribution in [0.2, 0.25) is 0 Å². The zero-order valence-corrected chi connectivity index (χ0v) is 15.0. The van der Waals surface area contributed by atoms with Crippen LogP contribution in [0.1, 0.15) is 15.9 Å². The second-order valence-corrected chi connectivity index (χ2v) is 7.40. The molecule has 0 amide bonds. The minimum atomic E-state index is -3.81. The highest BCUT2D eigenvalue weighted by Gasteiger charge is 2.17. The summed E-state index contributed by atoms with van der Waals surface area (Å²) in [5.41, 5.74) is 1.07. The molecule has 0 aliphatic carbocycles. The number of rotatable bonds is 6. The summed E-state index contributed by atoms with van der Waals surface area (Å²) in [4.78, 5) is 12.6. The molecule has 3 rings (SSSR count). The van der Waals surface area contributed by atoms with Crippen molar-refractivity contribution in [2.24, 2.45) is 0 Å². The predicted octanol–water partition coefficient (Wildman–Crippen LogP) is 4.52. The van der Waals surface area contributed by atoms with E-state index in [1.807, 2.05) is 0 Å². The van der Waals surface area contributed by atoms with Crippen molar-refractivity contribution >= 4 is 27.6 Å². The van der Waals surface area contributed by atoms with Crippen LogP contribution >= 0.6 is 0 Å². The molecule has 3 aromatic carbocycles. The third-order valence-corrected chi connectivity index (χ3v) is 5.17. The Bertz CT molecular complexity index is 1080. The van der Waals surface area contributed by atoms with Crippen molar-refractivity contribution in [2.45, 2.75) is 4.90 Å². The zero-order chi connectivity index (χ0) is 19.3. The average molecular weight is 381 g/mol. The summed E-state index contributed by atoms with van der Waals surface area (Å²) >= 11 is 0. The molecule has 0 fully saturated rings. The van der Waals surface area contributed by atoms with E-state index in [-0.39, 0.29) is 27.7 Å². The van der Waals surface area contributed by atoms with Crippen LogP contribution in [0, 0.1) is 5.82 Å². The van der Waals surface area contributed by atoms with Crippen molar-refractivity contribution in [1.82, 2.24) is 0 Å². The SMILES string of the molecule is O=C(/C=C/c1ccc(F)cc1)c1ccccc1NS(=O)(=O)c1ccccc1. The molecule has 0 aliphatic heterocycles. The molecule has 4 nitrogen and oxygen atoms in total. The maximum Gasteiger partial charge on any atom is 0.261 e. The molecule has 6 heteroatoms. The molecule has 0 unspecified atom stereocenters. The maximum atomic E-state index is 12.9. The molecule has 0 bridgehead atoms. The Morgan fingerprint density at radius 1 is 0.852 bits per heavy atom. The van der Waals surface area contributed by atoms with Crippen LogP contribution in [-0.2, 0) is 10.0 Å². The highest BCUT2D eigenvalue weighted by molar-refractivity contribution is 7.92. The number of carbonyl (C=O) groups is 1. The fourth-order valence-corrected chi connectivity index (χ4v) is 3.53. The van der Waals surface area contributed by atoms with Gasteiger partial charge in [-0.15, -0.1) is 0 Å². The molecule has 136 valence electrons. The fourth-order valence-electron chi connectivity index (χ4n) is 2.43. The van der Waals surface area contributed by atoms with Crippen LogP contribution in [0.4, 0.5) is 10.1 Å². The highest BCUT2D eigenvalue weighted by Crippen LogP contribution is 2.21. The number of halogens is 1. The van der Waals surface area contributed by atoms with Gasteiger partial charge in [0.25, 0.3) is 10.0 Å². The summed E-state index contributed by atoms with van der Waals surface area (Å²) in [6.07, 6.45) is 2.87. The lowest BCUT2D eigenvalue weighted by molar-refractivity contribution is 0.104. The lowest BCUT2D eigenvalue weighted by atomic mass is 10.1. The van der Waals surface area contributed by atoms with Gasteiger partial charge in [-0.2, -0.15) is 0 Å². The van der Waals surface area contributed by atoms with E-state index in [0.717, 1.165) is 0 Å². The van der Waals surface area contributed by atoms with Gasteiger partial charge in [0, 0.05) is 5.56 Å². The van der Waals surface area contributed by atoms with Gasteiger partial charge in [0.05, 0.1) is 10.6 Å². The minimum absolute atomic E-state index is 0.106. The molecule has 0 aromatic heterocycles. The molecule has 0 aliphatic rings. The summed E-state index contributed by atoms with van der Waals surface area (Å²) in [6, 6.07) is 20.0. The van der Waals surface area contributed by atoms with E-state index < -0.39 is 10.0 Å². The van der Waals surface area contributed by atoms with Crippen molar-refractivity contribution in [3.05, 3.63) is 102 Å². The standard InChI is InChI=1S/C21H16FNO3S/c22-17-13-10-16(11-14-17)12-15-21(24)19-8-4-5-9-20(19)23-27(25,26)18-6-2-1-3-7-18/h1-15,23H/b15-12+. The molecule has 3 aromatic rings. The first kappa shape index (κ1) is 18.5. The van der Waals surface area contributed by atoms with Crippen LogP contribution in [0.15, 0.2) is 89.8 Å². The number of sulfonamides is 1. The summed E-state index contributed by atoms with van der Waals surface area (Å²) in [5.74, 6) is -0.732. The molecule has 0 radical (unpaired) electrons. The molecule has 0 saturated carbocycles. The van der Waals surface area contributed by atoms with Crippen LogP contribution in [0.25, 0.3) is 6.08 Å². The first-order valence-corrected chi connectivity index (χ1v) is 9.59. The summed E-state index contributed by atoms with van der Waals surface area (Å²) in [7, 11) is -3.81. The normalized spacial score (nSPS) is 11.4. The van der Waals surface area contributed by atoms with Gasteiger partial charge in [-0.1, -0.05) is 48.5 Å². The van der Waals surface area contributed by atoms with E-state index in [2.05, 4.69) is 4.72 Å². The largest absolute Gasteiger partial charge is 0.289 e. The molecule has 27 heavy (non-hydrogen) atoms. The lowest BCUT2D eigenvalue weighted by Crippen LogP contribution is -2.15. The van der Waals surface area contributed by atoms with Crippen molar-refractivity contribution in [3.8, 4) is 0 Å². The fraction of sp³-hybridized carbons (Fsp3) is 0. The van der Waals surface area contributed by atoms with Gasteiger partial charge in [0.2, 0.25) is 0 Å². The number of benzene rings is 3. The van der Waals surface area contributed by atoms with Gasteiger partial charge in [-0.3, -0.25) is 9.52 Å². The van der Waals surface area contributed by atoms with Crippen LogP contribution in [0.3, 0.4) is 0 Å². The average Bonchev–Trinajstić information content (AvgIpc) is 2.68. The Labute approximate surface area is 157 Å². The zero-order valence-electron chi connectivity index (χ0n) is 14.2. The number of anilines is 1. The van der Waals surface area contributed by atoms with Gasteiger partial charge >= 0.3 is 0 Å². The number of allylic oxidation sites excluding steroid dienone is 1. The second-order valence-electron chi connectivity index (χ2n) is 5.71. The van der Waals surface area contributed by atoms with Crippen molar-refractivity contribution in [1.29, 1.82) is 0 Å². The van der Waals surface area contributed by atoms with E-state index in [1.165, 1.54) is 36.4 Å². The first-order valence-electron chi connectivity index (χ1n) is 8.10. The molecule has 0 saturated heterocycles. The monoisotopic (exact) mass is 381 g/mol. The van der Waals surface area contributed by atoms with Gasteiger partial charge in [0.15, 0.2) is 5.78 Å². The number of nitrogens with one attached hydrogen (secondary N) is 1. The lowest BCUT2D eigenvalue weighted by Gasteiger charge is -2.11. The van der Waals surface area contributed by atoms with Crippen molar-refractivity contribution in [3.63, 3.8) is 0 Å². The quantitative estimate of drug-likeness (QED) is 0.504. The van der Waals surface area contributed by atoms with E-state index in [1.54, 1.807) is 54.6 Å². The van der Waals surface area contributed by atoms with Crippen molar-refractivity contribution in [2.75, 3.05) is 4.72 Å². The molecule has 0 spiro atoms. The number of para-hydroxylation sites is 1. The molecule has 1 N–H and O–H groups in total.